The number of esters is 2. The van der Waals surface area contributed by atoms with E-state index >= 15 is 0 Å². The maximum atomic E-state index is 11.8. The molecule has 0 unspecified atom stereocenters. The van der Waals surface area contributed by atoms with Crippen molar-refractivity contribution in [2.75, 3.05) is 46.2 Å². The van der Waals surface area contributed by atoms with Gasteiger partial charge in [-0.15, -0.1) is 0 Å². The second-order valence-electron chi connectivity index (χ2n) is 3.64. The Hall–Kier alpha value is -1.23. The van der Waals surface area contributed by atoms with Crippen LogP contribution in [0.15, 0.2) is 0 Å². The average molecular weight is 317 g/mol. The van der Waals surface area contributed by atoms with Crippen LogP contribution in [0.3, 0.4) is 0 Å². The van der Waals surface area contributed by atoms with E-state index in [-0.39, 0.29) is 19.8 Å². The number of nitrogens with two attached hydrogens (primary N) is 1. The van der Waals surface area contributed by atoms with Gasteiger partial charge in [0.2, 0.25) is 0 Å². The minimum absolute atomic E-state index is 0.150. The maximum Gasteiger partial charge on any atom is 0.491 e. The lowest BCUT2D eigenvalue weighted by atomic mass is 10.4. The van der Waals surface area contributed by atoms with Crippen molar-refractivity contribution in [2.45, 2.75) is 12.6 Å². The Kier molecular flexibility index (Phi) is 10.8. The van der Waals surface area contributed by atoms with E-state index in [1.54, 1.807) is 0 Å². The number of ether oxygens (including phenoxy) is 4. The number of alkyl halides is 3. The van der Waals surface area contributed by atoms with Crippen molar-refractivity contribution in [3.63, 3.8) is 0 Å². The van der Waals surface area contributed by atoms with Gasteiger partial charge in [-0.2, -0.15) is 13.2 Å². The van der Waals surface area contributed by atoms with Gasteiger partial charge in [-0.3, -0.25) is 4.79 Å². The molecular weight excluding hydrogens is 299 g/mol. The lowest BCUT2D eigenvalue weighted by Gasteiger charge is -2.07. The molecule has 0 rings (SSSR count). The Labute approximate surface area is 119 Å². The highest BCUT2D eigenvalue weighted by Gasteiger charge is 2.42. The van der Waals surface area contributed by atoms with Crippen LogP contribution in [0.2, 0.25) is 0 Å². The molecule has 0 heterocycles. The van der Waals surface area contributed by atoms with Crippen LogP contribution in [0, 0.1) is 0 Å². The lowest BCUT2D eigenvalue weighted by Crippen LogP contribution is -2.28. The van der Waals surface area contributed by atoms with E-state index in [4.69, 9.17) is 19.9 Å². The van der Waals surface area contributed by atoms with Crippen LogP contribution >= 0.6 is 0 Å². The molecule has 21 heavy (non-hydrogen) atoms. The average Bonchev–Trinajstić information content (AvgIpc) is 2.39. The molecular formula is C11H18F3NO6. The lowest BCUT2D eigenvalue weighted by molar-refractivity contribution is -0.202. The van der Waals surface area contributed by atoms with Crippen molar-refractivity contribution >= 4 is 11.9 Å². The van der Waals surface area contributed by atoms with Crippen molar-refractivity contribution < 1.29 is 41.7 Å². The van der Waals surface area contributed by atoms with E-state index < -0.39 is 24.5 Å². The third-order valence-electron chi connectivity index (χ3n) is 1.89. The third kappa shape index (κ3) is 12.2. The van der Waals surface area contributed by atoms with Crippen LogP contribution in [-0.2, 0) is 28.5 Å². The van der Waals surface area contributed by atoms with Gasteiger partial charge in [0.15, 0.2) is 0 Å². The molecule has 0 fully saturated rings. The van der Waals surface area contributed by atoms with Gasteiger partial charge in [0, 0.05) is 6.54 Å². The van der Waals surface area contributed by atoms with Gasteiger partial charge >= 0.3 is 18.1 Å². The van der Waals surface area contributed by atoms with E-state index in [0.29, 0.717) is 26.4 Å². The van der Waals surface area contributed by atoms with E-state index in [1.165, 1.54) is 0 Å². The summed E-state index contributed by atoms with van der Waals surface area (Å²) >= 11 is 0. The zero-order chi connectivity index (χ0) is 16.1. The number of hydrogen-bond donors (Lipinski definition) is 1. The van der Waals surface area contributed by atoms with E-state index in [9.17, 15) is 22.8 Å². The Morgan fingerprint density at radius 2 is 1.33 bits per heavy atom. The number of hydrogen-bond acceptors (Lipinski definition) is 7. The van der Waals surface area contributed by atoms with Crippen molar-refractivity contribution in [1.82, 2.24) is 0 Å². The fraction of sp³-hybridized carbons (Fsp3) is 0.818. The van der Waals surface area contributed by atoms with Crippen LogP contribution in [-0.4, -0.2) is 64.3 Å². The Balaban J connectivity index is 3.39. The van der Waals surface area contributed by atoms with Gasteiger partial charge in [-0.25, -0.2) is 4.79 Å². The summed E-state index contributed by atoms with van der Waals surface area (Å²) in [6, 6.07) is 0. The summed E-state index contributed by atoms with van der Waals surface area (Å²) in [4.78, 5) is 21.2. The number of rotatable bonds is 11. The van der Waals surface area contributed by atoms with Crippen LogP contribution in [0.1, 0.15) is 6.42 Å². The summed E-state index contributed by atoms with van der Waals surface area (Å²) in [5.41, 5.74) is 5.20. The second-order valence-corrected chi connectivity index (χ2v) is 3.64. The standard InChI is InChI=1S/C11H18F3NO6/c12-11(13,14)10(17)21-9(16)1-3-18-5-7-20-8-6-19-4-2-15/h1-8,15H2. The first-order chi connectivity index (χ1) is 9.88. The van der Waals surface area contributed by atoms with Gasteiger partial charge in [0.25, 0.3) is 0 Å². The molecule has 0 saturated heterocycles. The topological polar surface area (TPSA) is 97.1 Å². The zero-order valence-electron chi connectivity index (χ0n) is 11.3. The Morgan fingerprint density at radius 1 is 0.857 bits per heavy atom. The molecule has 0 amide bonds. The summed E-state index contributed by atoms with van der Waals surface area (Å²) in [5.74, 6) is -3.83. The summed E-state index contributed by atoms with van der Waals surface area (Å²) in [6.07, 6.45) is -5.64. The normalized spacial score (nSPS) is 11.4. The fourth-order valence-corrected chi connectivity index (χ4v) is 0.993. The van der Waals surface area contributed by atoms with Crippen molar-refractivity contribution in [2.24, 2.45) is 5.73 Å². The summed E-state index contributed by atoms with van der Waals surface area (Å²) < 4.78 is 53.9. The largest absolute Gasteiger partial charge is 0.491 e. The van der Waals surface area contributed by atoms with Crippen molar-refractivity contribution in [1.29, 1.82) is 0 Å². The molecule has 0 saturated carbocycles. The highest BCUT2D eigenvalue weighted by atomic mass is 19.4. The zero-order valence-corrected chi connectivity index (χ0v) is 11.3. The second kappa shape index (κ2) is 11.4. The van der Waals surface area contributed by atoms with Crippen LogP contribution < -0.4 is 5.73 Å². The van der Waals surface area contributed by atoms with Crippen LogP contribution in [0.25, 0.3) is 0 Å². The molecule has 0 aromatic rings. The quantitative estimate of drug-likeness (QED) is 0.326. The molecule has 0 radical (unpaired) electrons. The smallest absolute Gasteiger partial charge is 0.386 e. The molecule has 0 aliphatic carbocycles. The first-order valence-electron chi connectivity index (χ1n) is 6.13. The predicted octanol–water partition coefficient (Wildman–Crippen LogP) is 0.0171. The summed E-state index contributed by atoms with van der Waals surface area (Å²) in [6.45, 7) is 1.83. The third-order valence-corrected chi connectivity index (χ3v) is 1.89. The molecule has 7 nitrogen and oxygen atoms in total. The van der Waals surface area contributed by atoms with Crippen LogP contribution in [0.5, 0.6) is 0 Å². The predicted molar refractivity (Wildman–Crippen MR) is 63.3 cm³/mol. The highest BCUT2D eigenvalue weighted by Crippen LogP contribution is 2.16. The number of carbonyl (C=O) groups excluding carboxylic acids is 2. The minimum Gasteiger partial charge on any atom is -0.386 e. The van der Waals surface area contributed by atoms with Gasteiger partial charge in [-0.1, -0.05) is 0 Å². The Bertz CT molecular complexity index is 311. The summed E-state index contributed by atoms with van der Waals surface area (Å²) in [7, 11) is 0. The van der Waals surface area contributed by atoms with E-state index in [0.717, 1.165) is 0 Å². The molecule has 2 N–H and O–H groups in total. The van der Waals surface area contributed by atoms with Gasteiger partial charge < -0.3 is 24.7 Å². The van der Waals surface area contributed by atoms with Crippen molar-refractivity contribution in [3.8, 4) is 0 Å². The van der Waals surface area contributed by atoms with Gasteiger partial charge in [-0.05, 0) is 0 Å². The molecule has 0 spiro atoms. The molecule has 0 atom stereocenters. The minimum atomic E-state index is -5.18. The number of halogens is 3. The highest BCUT2D eigenvalue weighted by molar-refractivity contribution is 5.88. The maximum absolute atomic E-state index is 11.8. The molecule has 0 aliphatic heterocycles. The first-order valence-corrected chi connectivity index (χ1v) is 6.13. The molecule has 0 aromatic heterocycles. The summed E-state index contributed by atoms with van der Waals surface area (Å²) in [5, 5.41) is 0. The first kappa shape index (κ1) is 19.8. The molecule has 10 heteroatoms. The number of carbonyl (C=O) groups is 2. The molecule has 124 valence electrons. The molecule has 0 aromatic carbocycles. The van der Waals surface area contributed by atoms with Crippen LogP contribution in [0.4, 0.5) is 13.2 Å². The fourth-order valence-electron chi connectivity index (χ4n) is 0.993. The molecule has 0 bridgehead atoms. The monoisotopic (exact) mass is 317 g/mol. The molecule has 0 aliphatic rings. The SMILES string of the molecule is NCCOCCOCCOCCC(=O)OC(=O)C(F)(F)F. The van der Waals surface area contributed by atoms with Crippen molar-refractivity contribution in [3.05, 3.63) is 0 Å². The van der Waals surface area contributed by atoms with Gasteiger partial charge in [0.05, 0.1) is 46.1 Å². The van der Waals surface area contributed by atoms with Gasteiger partial charge in [0.1, 0.15) is 0 Å². The van der Waals surface area contributed by atoms with E-state index in [1.807, 2.05) is 0 Å². The Morgan fingerprint density at radius 3 is 1.81 bits per heavy atom. The van der Waals surface area contributed by atoms with E-state index in [2.05, 4.69) is 4.74 Å².